The minimum absolute atomic E-state index is 0.410. The summed E-state index contributed by atoms with van der Waals surface area (Å²) in [6.07, 6.45) is 0.969. The molecule has 1 atom stereocenters. The molecule has 3 heteroatoms. The van der Waals surface area contributed by atoms with Gasteiger partial charge in [0.2, 0.25) is 0 Å². The van der Waals surface area contributed by atoms with Crippen LogP contribution in [0.4, 0.5) is 5.69 Å². The van der Waals surface area contributed by atoms with Crippen LogP contribution in [0, 0.1) is 0 Å². The molecule has 0 saturated carbocycles. The van der Waals surface area contributed by atoms with Gasteiger partial charge in [0.05, 0.1) is 5.92 Å². The van der Waals surface area contributed by atoms with E-state index in [1.165, 1.54) is 11.3 Å². The second kappa shape index (κ2) is 4.16. The molecule has 0 aliphatic carbocycles. The van der Waals surface area contributed by atoms with E-state index in [1.807, 2.05) is 12.1 Å². The van der Waals surface area contributed by atoms with Crippen molar-refractivity contribution in [2.24, 2.45) is 0 Å². The highest BCUT2D eigenvalue weighted by molar-refractivity contribution is 5.78. The highest BCUT2D eigenvalue weighted by atomic mass is 16.4. The van der Waals surface area contributed by atoms with Crippen LogP contribution >= 0.6 is 0 Å². The Labute approximate surface area is 95.7 Å². The van der Waals surface area contributed by atoms with E-state index in [-0.39, 0.29) is 0 Å². The van der Waals surface area contributed by atoms with E-state index in [2.05, 4.69) is 17.9 Å². The molecule has 86 valence electrons. The Bertz CT molecular complexity index is 414. The number of aliphatic carboxylic acids is 1. The lowest BCUT2D eigenvalue weighted by atomic mass is 9.94. The molecule has 1 aromatic carbocycles. The summed E-state index contributed by atoms with van der Waals surface area (Å²) in [5.41, 5.74) is 3.41. The van der Waals surface area contributed by atoms with Crippen molar-refractivity contribution in [3.05, 3.63) is 29.3 Å². The second-order valence-electron chi connectivity index (χ2n) is 4.23. The van der Waals surface area contributed by atoms with Crippen LogP contribution in [0.25, 0.3) is 0 Å². The van der Waals surface area contributed by atoms with Gasteiger partial charge in [-0.05, 0) is 37.5 Å². The van der Waals surface area contributed by atoms with Crippen LogP contribution in [0.3, 0.4) is 0 Å². The molecule has 0 aromatic heterocycles. The lowest BCUT2D eigenvalue weighted by Crippen LogP contribution is -2.19. The number of carboxylic acid groups (broad SMARTS) is 1. The number of nitrogens with zero attached hydrogens (tertiary/aromatic N) is 1. The van der Waals surface area contributed by atoms with Gasteiger partial charge in [0.15, 0.2) is 0 Å². The predicted octanol–water partition coefficient (Wildman–Crippen LogP) is 2.26. The fourth-order valence-corrected chi connectivity index (χ4v) is 2.40. The minimum Gasteiger partial charge on any atom is -0.481 e. The number of hydrogen-bond donors (Lipinski definition) is 1. The van der Waals surface area contributed by atoms with Crippen molar-refractivity contribution in [1.82, 2.24) is 0 Å². The summed E-state index contributed by atoms with van der Waals surface area (Å²) in [6.45, 7) is 5.88. The van der Waals surface area contributed by atoms with Crippen molar-refractivity contribution >= 4 is 11.7 Å². The fourth-order valence-electron chi connectivity index (χ4n) is 2.40. The molecule has 2 rings (SSSR count). The van der Waals surface area contributed by atoms with Gasteiger partial charge in [-0.3, -0.25) is 4.79 Å². The zero-order valence-electron chi connectivity index (χ0n) is 9.73. The van der Waals surface area contributed by atoms with Crippen LogP contribution in [0.1, 0.15) is 30.9 Å². The molecule has 0 fully saturated rings. The topological polar surface area (TPSA) is 40.5 Å². The van der Waals surface area contributed by atoms with Gasteiger partial charge in [-0.1, -0.05) is 12.1 Å². The zero-order valence-corrected chi connectivity index (χ0v) is 9.73. The van der Waals surface area contributed by atoms with Gasteiger partial charge in [-0.25, -0.2) is 0 Å². The third kappa shape index (κ3) is 1.66. The summed E-state index contributed by atoms with van der Waals surface area (Å²) in [7, 11) is 0. The lowest BCUT2D eigenvalue weighted by Gasteiger charge is -2.18. The first-order valence-corrected chi connectivity index (χ1v) is 5.74. The molecule has 1 unspecified atom stereocenters. The van der Waals surface area contributed by atoms with E-state index in [4.69, 9.17) is 5.11 Å². The first kappa shape index (κ1) is 11.0. The van der Waals surface area contributed by atoms with E-state index in [1.54, 1.807) is 6.92 Å². The van der Waals surface area contributed by atoms with E-state index < -0.39 is 11.9 Å². The molecular weight excluding hydrogens is 202 g/mol. The molecular formula is C13H17NO2. The second-order valence-corrected chi connectivity index (χ2v) is 4.23. The molecule has 1 aromatic rings. The maximum absolute atomic E-state index is 11.0. The summed E-state index contributed by atoms with van der Waals surface area (Å²) < 4.78 is 0. The molecule has 1 heterocycles. The Morgan fingerprint density at radius 1 is 1.56 bits per heavy atom. The Kier molecular flexibility index (Phi) is 2.86. The van der Waals surface area contributed by atoms with Gasteiger partial charge in [0.1, 0.15) is 0 Å². The average molecular weight is 219 g/mol. The number of carbonyl (C=O) groups is 1. The van der Waals surface area contributed by atoms with Crippen LogP contribution in [-0.2, 0) is 11.2 Å². The standard InChI is InChI=1S/C13H17NO2/c1-3-14-8-7-11-10(9(2)13(15)16)5-4-6-12(11)14/h4-6,9H,3,7-8H2,1-2H3,(H,15,16). The van der Waals surface area contributed by atoms with Gasteiger partial charge in [0, 0.05) is 18.8 Å². The minimum atomic E-state index is -0.747. The van der Waals surface area contributed by atoms with Gasteiger partial charge in [0.25, 0.3) is 0 Å². The Morgan fingerprint density at radius 2 is 2.31 bits per heavy atom. The third-order valence-corrected chi connectivity index (χ3v) is 3.38. The molecule has 16 heavy (non-hydrogen) atoms. The van der Waals surface area contributed by atoms with Crippen LogP contribution in [0.15, 0.2) is 18.2 Å². The van der Waals surface area contributed by atoms with E-state index in [0.717, 1.165) is 25.1 Å². The fraction of sp³-hybridized carbons (Fsp3) is 0.462. The molecule has 1 aliphatic heterocycles. The summed E-state index contributed by atoms with van der Waals surface area (Å²) >= 11 is 0. The normalized spacial score (nSPS) is 16.0. The van der Waals surface area contributed by atoms with Crippen molar-refractivity contribution in [3.63, 3.8) is 0 Å². The number of likely N-dealkylation sites (N-methyl/N-ethyl adjacent to an activating group) is 1. The van der Waals surface area contributed by atoms with E-state index >= 15 is 0 Å². The molecule has 0 radical (unpaired) electrons. The van der Waals surface area contributed by atoms with Crippen molar-refractivity contribution in [1.29, 1.82) is 0 Å². The van der Waals surface area contributed by atoms with Crippen LogP contribution in [0.2, 0.25) is 0 Å². The Balaban J connectivity index is 2.43. The number of carboxylic acids is 1. The van der Waals surface area contributed by atoms with Crippen molar-refractivity contribution in [2.75, 3.05) is 18.0 Å². The number of rotatable bonds is 3. The Morgan fingerprint density at radius 3 is 2.94 bits per heavy atom. The highest BCUT2D eigenvalue weighted by Gasteiger charge is 2.24. The van der Waals surface area contributed by atoms with E-state index in [9.17, 15) is 4.79 Å². The number of hydrogen-bond acceptors (Lipinski definition) is 2. The average Bonchev–Trinajstić information content (AvgIpc) is 2.70. The van der Waals surface area contributed by atoms with Gasteiger partial charge >= 0.3 is 5.97 Å². The SMILES string of the molecule is CCN1CCc2c(C(C)C(=O)O)cccc21. The van der Waals surface area contributed by atoms with Crippen molar-refractivity contribution < 1.29 is 9.90 Å². The van der Waals surface area contributed by atoms with Crippen molar-refractivity contribution in [3.8, 4) is 0 Å². The largest absolute Gasteiger partial charge is 0.481 e. The first-order chi connectivity index (χ1) is 7.65. The Hall–Kier alpha value is -1.51. The van der Waals surface area contributed by atoms with Crippen molar-refractivity contribution in [2.45, 2.75) is 26.2 Å². The maximum Gasteiger partial charge on any atom is 0.310 e. The van der Waals surface area contributed by atoms with Crippen LogP contribution in [-0.4, -0.2) is 24.2 Å². The molecule has 1 aliphatic rings. The van der Waals surface area contributed by atoms with Gasteiger partial charge < -0.3 is 10.0 Å². The smallest absolute Gasteiger partial charge is 0.310 e. The molecule has 0 bridgehead atoms. The highest BCUT2D eigenvalue weighted by Crippen LogP contribution is 2.33. The summed E-state index contributed by atoms with van der Waals surface area (Å²) in [4.78, 5) is 13.3. The summed E-state index contributed by atoms with van der Waals surface area (Å²) in [5.74, 6) is -1.16. The summed E-state index contributed by atoms with van der Waals surface area (Å²) in [6, 6.07) is 5.99. The molecule has 0 amide bonds. The monoisotopic (exact) mass is 219 g/mol. The van der Waals surface area contributed by atoms with Crippen LogP contribution < -0.4 is 4.90 Å². The number of benzene rings is 1. The quantitative estimate of drug-likeness (QED) is 0.847. The maximum atomic E-state index is 11.0. The first-order valence-electron chi connectivity index (χ1n) is 5.74. The third-order valence-electron chi connectivity index (χ3n) is 3.38. The molecule has 0 spiro atoms. The number of anilines is 1. The zero-order chi connectivity index (χ0) is 11.7. The van der Waals surface area contributed by atoms with Gasteiger partial charge in [-0.15, -0.1) is 0 Å². The molecule has 1 N–H and O–H groups in total. The lowest BCUT2D eigenvalue weighted by molar-refractivity contribution is -0.138. The number of fused-ring (bicyclic) bond motifs is 1. The predicted molar refractivity (Wildman–Crippen MR) is 64.1 cm³/mol. The molecule has 0 saturated heterocycles. The van der Waals surface area contributed by atoms with Crippen LogP contribution in [0.5, 0.6) is 0 Å². The van der Waals surface area contributed by atoms with E-state index in [0.29, 0.717) is 0 Å². The molecule has 3 nitrogen and oxygen atoms in total. The summed E-state index contributed by atoms with van der Waals surface area (Å²) in [5, 5.41) is 9.08. The van der Waals surface area contributed by atoms with Gasteiger partial charge in [-0.2, -0.15) is 0 Å².